The maximum Gasteiger partial charge on any atom is 0.191 e. The van der Waals surface area contributed by atoms with Crippen LogP contribution in [0.15, 0.2) is 30.3 Å². The molecule has 1 N–H and O–H groups in total. The van der Waals surface area contributed by atoms with Gasteiger partial charge in [-0.3, -0.25) is 0 Å². The van der Waals surface area contributed by atoms with E-state index in [1.54, 1.807) is 31.4 Å². The molecule has 2 aromatic rings. The maximum absolute atomic E-state index is 14.1. The van der Waals surface area contributed by atoms with E-state index < -0.39 is 0 Å². The molecule has 0 radical (unpaired) electrons. The van der Waals surface area contributed by atoms with Crippen molar-refractivity contribution in [3.8, 4) is 17.0 Å². The second kappa shape index (κ2) is 9.09. The molecule has 31 heavy (non-hydrogen) atoms. The minimum Gasteiger partial charge on any atom is -0.493 e. The number of nitrogens with one attached hydrogen (secondary N) is 1. The molecule has 5 rings (SSSR count). The van der Waals surface area contributed by atoms with Crippen LogP contribution in [-0.4, -0.2) is 61.1 Å². The van der Waals surface area contributed by atoms with Crippen LogP contribution < -0.4 is 10.1 Å². The predicted octanol–water partition coefficient (Wildman–Crippen LogP) is 3.84. The summed E-state index contributed by atoms with van der Waals surface area (Å²) >= 11 is 0. The molecule has 7 heteroatoms. The van der Waals surface area contributed by atoms with E-state index in [-0.39, 0.29) is 5.82 Å². The largest absolute Gasteiger partial charge is 0.493 e. The van der Waals surface area contributed by atoms with E-state index in [1.165, 1.54) is 38.5 Å². The molecule has 1 aliphatic carbocycles. The number of aromatic nitrogens is 2. The van der Waals surface area contributed by atoms with E-state index in [9.17, 15) is 4.39 Å². The summed E-state index contributed by atoms with van der Waals surface area (Å²) in [6.45, 7) is 5.49. The van der Waals surface area contributed by atoms with Gasteiger partial charge in [0.05, 0.1) is 12.8 Å². The summed E-state index contributed by atoms with van der Waals surface area (Å²) in [4.78, 5) is 2.67. The Labute approximate surface area is 183 Å². The average molecular weight is 427 g/mol. The van der Waals surface area contributed by atoms with Crippen molar-refractivity contribution in [3.05, 3.63) is 36.1 Å². The Kier molecular flexibility index (Phi) is 6.05. The summed E-state index contributed by atoms with van der Waals surface area (Å²) in [6, 6.07) is 8.73. The van der Waals surface area contributed by atoms with Crippen molar-refractivity contribution in [2.24, 2.45) is 17.8 Å². The summed E-state index contributed by atoms with van der Waals surface area (Å²) in [5.74, 6) is 3.23. The molecule has 3 heterocycles. The first-order valence-electron chi connectivity index (χ1n) is 11.4. The van der Waals surface area contributed by atoms with Gasteiger partial charge in [-0.2, -0.15) is 0 Å². The van der Waals surface area contributed by atoms with E-state index in [2.05, 4.69) is 20.4 Å². The third-order valence-corrected chi connectivity index (χ3v) is 7.15. The SMILES string of the molecule is COc1cc(-c2ccccc2F)nnc1NC1C[C@@H]2CN(CC3CCOCC3)C[C@H]2C1. The van der Waals surface area contributed by atoms with Gasteiger partial charge in [-0.15, -0.1) is 10.2 Å². The fraction of sp³-hybridized carbons (Fsp3) is 0.583. The summed E-state index contributed by atoms with van der Waals surface area (Å²) < 4.78 is 25.2. The number of halogens is 1. The Morgan fingerprint density at radius 3 is 2.58 bits per heavy atom. The molecule has 1 saturated carbocycles. The maximum atomic E-state index is 14.1. The van der Waals surface area contributed by atoms with Crippen LogP contribution in [0.3, 0.4) is 0 Å². The monoisotopic (exact) mass is 426 g/mol. The third kappa shape index (κ3) is 4.53. The first kappa shape index (κ1) is 20.6. The van der Waals surface area contributed by atoms with Crippen molar-refractivity contribution in [1.29, 1.82) is 0 Å². The molecular formula is C24H31FN4O2. The fourth-order valence-corrected chi connectivity index (χ4v) is 5.58. The molecule has 6 nitrogen and oxygen atoms in total. The number of hydrogen-bond donors (Lipinski definition) is 1. The molecule has 0 unspecified atom stereocenters. The highest BCUT2D eigenvalue weighted by Gasteiger charge is 2.41. The molecule has 166 valence electrons. The predicted molar refractivity (Wildman–Crippen MR) is 118 cm³/mol. The van der Waals surface area contributed by atoms with Gasteiger partial charge >= 0.3 is 0 Å². The number of hydrogen-bond acceptors (Lipinski definition) is 6. The molecule has 0 amide bonds. The average Bonchev–Trinajstić information content (AvgIpc) is 3.33. The van der Waals surface area contributed by atoms with Crippen LogP contribution in [0.5, 0.6) is 5.75 Å². The number of methoxy groups -OCH3 is 1. The second-order valence-electron chi connectivity index (χ2n) is 9.23. The van der Waals surface area contributed by atoms with Crippen molar-refractivity contribution in [2.75, 3.05) is 45.3 Å². The molecule has 0 bridgehead atoms. The molecule has 3 aliphatic rings. The highest BCUT2D eigenvalue weighted by atomic mass is 19.1. The molecule has 3 fully saturated rings. The van der Waals surface area contributed by atoms with Gasteiger partial charge in [0.15, 0.2) is 11.6 Å². The summed E-state index contributed by atoms with van der Waals surface area (Å²) in [6.07, 6.45) is 4.71. The van der Waals surface area contributed by atoms with Gasteiger partial charge < -0.3 is 19.7 Å². The van der Waals surface area contributed by atoms with E-state index >= 15 is 0 Å². The van der Waals surface area contributed by atoms with Crippen LogP contribution in [0.25, 0.3) is 11.3 Å². The lowest BCUT2D eigenvalue weighted by molar-refractivity contribution is 0.0545. The lowest BCUT2D eigenvalue weighted by Crippen LogP contribution is -2.32. The van der Waals surface area contributed by atoms with Gasteiger partial charge in [0.25, 0.3) is 0 Å². The highest BCUT2D eigenvalue weighted by Crippen LogP contribution is 2.40. The number of likely N-dealkylation sites (tertiary alicyclic amines) is 1. The molecular weight excluding hydrogens is 395 g/mol. The summed E-state index contributed by atoms with van der Waals surface area (Å²) in [5.41, 5.74) is 0.910. The van der Waals surface area contributed by atoms with E-state index in [1.807, 2.05) is 0 Å². The lowest BCUT2D eigenvalue weighted by Gasteiger charge is -2.27. The smallest absolute Gasteiger partial charge is 0.191 e. The Bertz CT molecular complexity index is 891. The standard InChI is InChI=1S/C24H31FN4O2/c1-30-23-12-22(20-4-2-3-5-21(20)25)27-28-24(23)26-19-10-17-14-29(15-18(17)11-19)13-16-6-8-31-9-7-16/h2-5,12,16-19H,6-11,13-15H2,1H3,(H,26,28)/t17-,18-/m1/s1. The molecule has 2 saturated heterocycles. The molecule has 2 aliphatic heterocycles. The lowest BCUT2D eigenvalue weighted by atomic mass is 10.00. The van der Waals surface area contributed by atoms with Gasteiger partial charge in [-0.1, -0.05) is 12.1 Å². The fourth-order valence-electron chi connectivity index (χ4n) is 5.58. The van der Waals surface area contributed by atoms with Crippen LogP contribution in [0.4, 0.5) is 10.2 Å². The number of ether oxygens (including phenoxy) is 2. The van der Waals surface area contributed by atoms with Gasteiger partial charge in [-0.05, 0) is 55.6 Å². The number of fused-ring (bicyclic) bond motifs is 1. The normalized spacial score (nSPS) is 25.0. The van der Waals surface area contributed by atoms with Gasteiger partial charge in [0.1, 0.15) is 5.82 Å². The Balaban J connectivity index is 1.19. The highest BCUT2D eigenvalue weighted by molar-refractivity contribution is 5.64. The zero-order valence-corrected chi connectivity index (χ0v) is 18.1. The number of nitrogens with zero attached hydrogens (tertiary/aromatic N) is 3. The topological polar surface area (TPSA) is 59.5 Å². The van der Waals surface area contributed by atoms with Gasteiger partial charge in [0.2, 0.25) is 0 Å². The van der Waals surface area contributed by atoms with Crippen molar-refractivity contribution in [1.82, 2.24) is 15.1 Å². The number of benzene rings is 1. The summed E-state index contributed by atoms with van der Waals surface area (Å²) in [7, 11) is 1.62. The van der Waals surface area contributed by atoms with Crippen LogP contribution in [0.1, 0.15) is 25.7 Å². The van der Waals surface area contributed by atoms with Crippen LogP contribution in [-0.2, 0) is 4.74 Å². The Hall–Kier alpha value is -2.25. The first-order chi connectivity index (χ1) is 15.2. The second-order valence-corrected chi connectivity index (χ2v) is 9.23. The van der Waals surface area contributed by atoms with Crippen LogP contribution in [0, 0.1) is 23.6 Å². The Morgan fingerprint density at radius 1 is 1.13 bits per heavy atom. The van der Waals surface area contributed by atoms with Gasteiger partial charge in [-0.25, -0.2) is 4.39 Å². The quantitative estimate of drug-likeness (QED) is 0.757. The van der Waals surface area contributed by atoms with E-state index in [0.717, 1.165) is 43.8 Å². The minimum atomic E-state index is -0.312. The van der Waals surface area contributed by atoms with E-state index in [0.29, 0.717) is 28.9 Å². The van der Waals surface area contributed by atoms with Crippen LogP contribution >= 0.6 is 0 Å². The van der Waals surface area contributed by atoms with Crippen LogP contribution in [0.2, 0.25) is 0 Å². The zero-order valence-electron chi connectivity index (χ0n) is 18.1. The molecule has 1 aromatic carbocycles. The molecule has 2 atom stereocenters. The van der Waals surface area contributed by atoms with Crippen molar-refractivity contribution < 1.29 is 13.9 Å². The Morgan fingerprint density at radius 2 is 1.87 bits per heavy atom. The van der Waals surface area contributed by atoms with Crippen molar-refractivity contribution in [2.45, 2.75) is 31.7 Å². The minimum absolute atomic E-state index is 0.312. The third-order valence-electron chi connectivity index (χ3n) is 7.15. The van der Waals surface area contributed by atoms with E-state index in [4.69, 9.17) is 9.47 Å². The first-order valence-corrected chi connectivity index (χ1v) is 11.4. The number of rotatable bonds is 6. The van der Waals surface area contributed by atoms with Gasteiger partial charge in [0, 0.05) is 50.5 Å². The van der Waals surface area contributed by atoms with Crippen molar-refractivity contribution in [3.63, 3.8) is 0 Å². The molecule has 1 aromatic heterocycles. The molecule has 0 spiro atoms. The van der Waals surface area contributed by atoms with Crippen molar-refractivity contribution >= 4 is 5.82 Å². The zero-order chi connectivity index (χ0) is 21.2. The summed E-state index contributed by atoms with van der Waals surface area (Å²) in [5, 5.41) is 12.2. The number of anilines is 1.